The van der Waals surface area contributed by atoms with E-state index in [1.807, 2.05) is 29.8 Å². The molecule has 1 aliphatic carbocycles. The monoisotopic (exact) mass is 538 g/mol. The van der Waals surface area contributed by atoms with Crippen LogP contribution in [0.3, 0.4) is 0 Å². The van der Waals surface area contributed by atoms with E-state index >= 15 is 0 Å². The third-order valence-electron chi connectivity index (χ3n) is 8.82. The predicted molar refractivity (Wildman–Crippen MR) is 150 cm³/mol. The van der Waals surface area contributed by atoms with Crippen LogP contribution < -0.4 is 9.64 Å². The van der Waals surface area contributed by atoms with Gasteiger partial charge in [-0.25, -0.2) is 4.79 Å². The number of hydrogen-bond donors (Lipinski definition) is 0. The quantitative estimate of drug-likeness (QED) is 0.516. The number of anilines is 1. The summed E-state index contributed by atoms with van der Waals surface area (Å²) in [7, 11) is 1.93. The lowest BCUT2D eigenvalue weighted by Crippen LogP contribution is -2.39. The Morgan fingerprint density at radius 2 is 1.84 bits per heavy atom. The van der Waals surface area contributed by atoms with Crippen LogP contribution in [0.25, 0.3) is 0 Å². The van der Waals surface area contributed by atoms with Crippen LogP contribution in [-0.4, -0.2) is 89.0 Å². The SMILES string of the molecule is C=C(C)N(C)c1cnn(C(=O)N2CC3CN(Cc4ccc(OC5CCN(C6CC6)CC5)cc4Cl)CC3C2)c1. The molecule has 1 aromatic heterocycles. The summed E-state index contributed by atoms with van der Waals surface area (Å²) < 4.78 is 7.74. The van der Waals surface area contributed by atoms with Gasteiger partial charge in [0.25, 0.3) is 0 Å². The van der Waals surface area contributed by atoms with E-state index in [-0.39, 0.29) is 12.1 Å². The summed E-state index contributed by atoms with van der Waals surface area (Å²) in [6.07, 6.45) is 8.72. The number of allylic oxidation sites excluding steroid dienone is 1. The number of nitrogens with zero attached hydrogens (tertiary/aromatic N) is 6. The summed E-state index contributed by atoms with van der Waals surface area (Å²) in [4.78, 5) is 22.0. The zero-order valence-corrected chi connectivity index (χ0v) is 23.3. The standard InChI is InChI=1S/C29H39ClN6O2/c1-20(2)32(3)25-13-31-36(19-25)29(37)35-17-22-15-33(16-23(22)18-35)14-21-4-7-27(12-28(21)30)38-26-8-10-34(11-9-26)24-5-6-24/h4,7,12-13,19,22-24,26H,1,5-6,8-11,14-18H2,2-3H3. The molecule has 4 fully saturated rings. The molecule has 1 amide bonds. The molecule has 0 N–H and O–H groups in total. The summed E-state index contributed by atoms with van der Waals surface area (Å²) in [5.41, 5.74) is 2.91. The molecular weight excluding hydrogens is 500 g/mol. The highest BCUT2D eigenvalue weighted by molar-refractivity contribution is 6.31. The maximum absolute atomic E-state index is 13.1. The maximum atomic E-state index is 13.1. The van der Waals surface area contributed by atoms with E-state index in [0.717, 1.165) is 92.4 Å². The average molecular weight is 539 g/mol. The molecule has 0 bridgehead atoms. The van der Waals surface area contributed by atoms with E-state index < -0.39 is 0 Å². The number of carbonyl (C=O) groups excluding carboxylic acids is 1. The Hall–Kier alpha value is -2.55. The van der Waals surface area contributed by atoms with Gasteiger partial charge in [-0.05, 0) is 62.1 Å². The maximum Gasteiger partial charge on any atom is 0.344 e. The molecule has 204 valence electrons. The van der Waals surface area contributed by atoms with Crippen molar-refractivity contribution in [2.75, 3.05) is 51.2 Å². The van der Waals surface area contributed by atoms with Crippen molar-refractivity contribution in [3.05, 3.63) is 53.5 Å². The van der Waals surface area contributed by atoms with Crippen molar-refractivity contribution >= 4 is 23.3 Å². The molecule has 3 saturated heterocycles. The fourth-order valence-corrected chi connectivity index (χ4v) is 6.52. The van der Waals surface area contributed by atoms with Gasteiger partial charge in [-0.2, -0.15) is 9.78 Å². The number of amides is 1. The van der Waals surface area contributed by atoms with Gasteiger partial charge in [-0.1, -0.05) is 24.2 Å². The minimum Gasteiger partial charge on any atom is -0.490 e. The molecule has 38 heavy (non-hydrogen) atoms. The summed E-state index contributed by atoms with van der Waals surface area (Å²) in [5, 5.41) is 5.08. The number of aromatic nitrogens is 2. The number of halogens is 1. The van der Waals surface area contributed by atoms with Gasteiger partial charge in [0, 0.05) is 69.6 Å². The van der Waals surface area contributed by atoms with Gasteiger partial charge in [-0.3, -0.25) is 4.90 Å². The molecule has 4 heterocycles. The van der Waals surface area contributed by atoms with Crippen molar-refractivity contribution in [3.8, 4) is 5.75 Å². The van der Waals surface area contributed by atoms with Crippen LogP contribution in [0.1, 0.15) is 38.2 Å². The lowest BCUT2D eigenvalue weighted by Gasteiger charge is -2.32. The molecule has 9 heteroatoms. The van der Waals surface area contributed by atoms with Crippen molar-refractivity contribution in [1.29, 1.82) is 0 Å². The minimum absolute atomic E-state index is 0.0517. The highest BCUT2D eigenvalue weighted by Crippen LogP contribution is 2.34. The van der Waals surface area contributed by atoms with Gasteiger partial charge in [0.15, 0.2) is 0 Å². The van der Waals surface area contributed by atoms with Gasteiger partial charge in [0.1, 0.15) is 11.9 Å². The normalized spacial score (nSPS) is 24.6. The molecule has 0 radical (unpaired) electrons. The molecule has 1 aromatic carbocycles. The average Bonchev–Trinajstić information content (AvgIpc) is 3.31. The second kappa shape index (κ2) is 10.5. The third kappa shape index (κ3) is 5.44. The number of fused-ring (bicyclic) bond motifs is 1. The van der Waals surface area contributed by atoms with Crippen LogP contribution in [0, 0.1) is 11.8 Å². The van der Waals surface area contributed by atoms with Crippen molar-refractivity contribution in [3.63, 3.8) is 0 Å². The molecule has 1 saturated carbocycles. The number of ether oxygens (including phenoxy) is 1. The van der Waals surface area contributed by atoms with Gasteiger partial charge < -0.3 is 19.4 Å². The van der Waals surface area contributed by atoms with Crippen molar-refractivity contribution in [1.82, 2.24) is 24.5 Å². The summed E-state index contributed by atoms with van der Waals surface area (Å²) >= 11 is 6.71. The van der Waals surface area contributed by atoms with Crippen LogP contribution >= 0.6 is 11.6 Å². The van der Waals surface area contributed by atoms with Crippen LogP contribution in [0.15, 0.2) is 42.9 Å². The van der Waals surface area contributed by atoms with Gasteiger partial charge in [0.05, 0.1) is 18.1 Å². The van der Waals surface area contributed by atoms with E-state index in [9.17, 15) is 4.79 Å². The third-order valence-corrected chi connectivity index (χ3v) is 9.17. The first-order valence-corrected chi connectivity index (χ1v) is 14.4. The molecule has 0 spiro atoms. The molecule has 3 aliphatic heterocycles. The molecule has 6 rings (SSSR count). The second-order valence-corrected chi connectivity index (χ2v) is 12.1. The molecular formula is C29H39ClN6O2. The van der Waals surface area contributed by atoms with Crippen LogP contribution in [0.2, 0.25) is 5.02 Å². The molecule has 2 atom stereocenters. The van der Waals surface area contributed by atoms with Gasteiger partial charge in [-0.15, -0.1) is 0 Å². The fraction of sp³-hybridized carbons (Fsp3) is 0.586. The number of carbonyl (C=O) groups is 1. The molecule has 8 nitrogen and oxygen atoms in total. The lowest BCUT2D eigenvalue weighted by atomic mass is 10.0. The Balaban J connectivity index is 0.986. The fourth-order valence-electron chi connectivity index (χ4n) is 6.29. The Bertz CT molecular complexity index is 1170. The Labute approximate surface area is 230 Å². The second-order valence-electron chi connectivity index (χ2n) is 11.7. The number of rotatable bonds is 7. The zero-order valence-electron chi connectivity index (χ0n) is 22.6. The first-order valence-electron chi connectivity index (χ1n) is 14.0. The number of benzene rings is 1. The highest BCUT2D eigenvalue weighted by atomic mass is 35.5. The van der Waals surface area contributed by atoms with Gasteiger partial charge in [0.2, 0.25) is 0 Å². The largest absolute Gasteiger partial charge is 0.490 e. The Morgan fingerprint density at radius 3 is 2.47 bits per heavy atom. The van der Waals surface area contributed by atoms with Crippen molar-refractivity contribution in [2.24, 2.45) is 11.8 Å². The molecule has 4 aliphatic rings. The van der Waals surface area contributed by atoms with E-state index in [4.69, 9.17) is 16.3 Å². The number of piperidine rings is 1. The number of likely N-dealkylation sites (tertiary alicyclic amines) is 3. The summed E-state index contributed by atoms with van der Waals surface area (Å²) in [6.45, 7) is 12.5. The predicted octanol–water partition coefficient (Wildman–Crippen LogP) is 4.54. The van der Waals surface area contributed by atoms with E-state index in [2.05, 4.69) is 33.6 Å². The first-order chi connectivity index (χ1) is 18.3. The van der Waals surface area contributed by atoms with Crippen LogP contribution in [0.4, 0.5) is 10.5 Å². The Morgan fingerprint density at radius 1 is 1.13 bits per heavy atom. The van der Waals surface area contributed by atoms with Crippen molar-refractivity contribution in [2.45, 2.75) is 51.3 Å². The Kier molecular flexibility index (Phi) is 7.14. The van der Waals surface area contributed by atoms with E-state index in [1.54, 1.807) is 12.4 Å². The topological polar surface area (TPSA) is 57.1 Å². The molecule has 2 unspecified atom stereocenters. The van der Waals surface area contributed by atoms with E-state index in [1.165, 1.54) is 17.5 Å². The lowest BCUT2D eigenvalue weighted by molar-refractivity contribution is 0.0965. The zero-order chi connectivity index (χ0) is 26.4. The van der Waals surface area contributed by atoms with Gasteiger partial charge >= 0.3 is 6.03 Å². The van der Waals surface area contributed by atoms with Crippen LogP contribution in [0.5, 0.6) is 5.75 Å². The summed E-state index contributed by atoms with van der Waals surface area (Å²) in [5.74, 6) is 1.84. The highest BCUT2D eigenvalue weighted by Gasteiger charge is 2.42. The van der Waals surface area contributed by atoms with Crippen LogP contribution in [-0.2, 0) is 6.54 Å². The van der Waals surface area contributed by atoms with Crippen molar-refractivity contribution < 1.29 is 9.53 Å². The smallest absolute Gasteiger partial charge is 0.344 e. The first kappa shape index (κ1) is 25.7. The minimum atomic E-state index is -0.0517. The molecule has 2 aromatic rings. The number of hydrogen-bond acceptors (Lipinski definition) is 6. The van der Waals surface area contributed by atoms with E-state index in [0.29, 0.717) is 11.8 Å². The summed E-state index contributed by atoms with van der Waals surface area (Å²) in [6, 6.07) is 6.99.